The summed E-state index contributed by atoms with van der Waals surface area (Å²) in [5, 5.41) is 10.6. The van der Waals surface area contributed by atoms with Gasteiger partial charge in [-0.1, -0.05) is 0 Å². The lowest BCUT2D eigenvalue weighted by atomic mass is 9.95. The van der Waals surface area contributed by atoms with E-state index in [4.69, 9.17) is 4.74 Å². The van der Waals surface area contributed by atoms with E-state index in [0.29, 0.717) is 12.8 Å². The summed E-state index contributed by atoms with van der Waals surface area (Å²) < 4.78 is 19.3. The standard InChI is InChI=1S/C14H16FNO4/c1-13(2,3)20-12(17)14(6-7-14)10-5-4-9(16(18)19)8-11(10)15/h4-5,8H,6-7H2,1-3H3. The van der Waals surface area contributed by atoms with Gasteiger partial charge in [0.05, 0.1) is 16.4 Å². The molecule has 5 nitrogen and oxygen atoms in total. The highest BCUT2D eigenvalue weighted by molar-refractivity contribution is 5.87. The lowest BCUT2D eigenvalue weighted by Crippen LogP contribution is -2.32. The molecule has 1 aliphatic rings. The van der Waals surface area contributed by atoms with E-state index in [-0.39, 0.29) is 11.3 Å². The van der Waals surface area contributed by atoms with Crippen LogP contribution in [0.1, 0.15) is 39.2 Å². The van der Waals surface area contributed by atoms with Crippen molar-refractivity contribution in [3.05, 3.63) is 39.7 Å². The highest BCUT2D eigenvalue weighted by Gasteiger charge is 2.55. The number of rotatable bonds is 3. The number of hydrogen-bond donors (Lipinski definition) is 0. The molecule has 0 aliphatic heterocycles. The van der Waals surface area contributed by atoms with Crippen molar-refractivity contribution >= 4 is 11.7 Å². The van der Waals surface area contributed by atoms with Gasteiger partial charge < -0.3 is 4.74 Å². The summed E-state index contributed by atoms with van der Waals surface area (Å²) in [6, 6.07) is 3.37. The number of carbonyl (C=O) groups is 1. The number of nitro groups is 1. The number of nitro benzene ring substituents is 1. The van der Waals surface area contributed by atoms with E-state index < -0.39 is 27.7 Å². The first-order valence-corrected chi connectivity index (χ1v) is 6.34. The zero-order chi connectivity index (χ0) is 15.1. The number of nitrogens with zero attached hydrogens (tertiary/aromatic N) is 1. The molecule has 0 spiro atoms. The fourth-order valence-corrected chi connectivity index (χ4v) is 2.09. The van der Waals surface area contributed by atoms with Crippen molar-refractivity contribution in [3.8, 4) is 0 Å². The number of esters is 1. The van der Waals surface area contributed by atoms with E-state index in [1.165, 1.54) is 12.1 Å². The summed E-state index contributed by atoms with van der Waals surface area (Å²) in [7, 11) is 0. The Morgan fingerprint density at radius 1 is 1.40 bits per heavy atom. The molecule has 1 saturated carbocycles. The largest absolute Gasteiger partial charge is 0.459 e. The Morgan fingerprint density at radius 2 is 2.00 bits per heavy atom. The van der Waals surface area contributed by atoms with Crippen LogP contribution < -0.4 is 0 Å². The van der Waals surface area contributed by atoms with Gasteiger partial charge in [-0.2, -0.15) is 0 Å². The van der Waals surface area contributed by atoms with E-state index >= 15 is 0 Å². The molecule has 0 N–H and O–H groups in total. The van der Waals surface area contributed by atoms with Crippen LogP contribution in [0.25, 0.3) is 0 Å². The molecule has 0 atom stereocenters. The third-order valence-electron chi connectivity index (χ3n) is 3.22. The normalized spacial score (nSPS) is 16.6. The molecule has 0 radical (unpaired) electrons. The summed E-state index contributed by atoms with van der Waals surface area (Å²) in [4.78, 5) is 22.1. The maximum absolute atomic E-state index is 14.0. The molecule has 1 aromatic carbocycles. The first kappa shape index (κ1) is 14.4. The molecule has 20 heavy (non-hydrogen) atoms. The minimum Gasteiger partial charge on any atom is -0.459 e. The minimum atomic E-state index is -0.980. The second kappa shape index (κ2) is 4.54. The maximum atomic E-state index is 14.0. The molecule has 0 saturated heterocycles. The van der Waals surface area contributed by atoms with Crippen LogP contribution in [0.4, 0.5) is 10.1 Å². The number of halogens is 1. The zero-order valence-electron chi connectivity index (χ0n) is 11.6. The summed E-state index contributed by atoms with van der Waals surface area (Å²) in [5.41, 5.74) is -1.78. The molecule has 1 aromatic rings. The van der Waals surface area contributed by atoms with Gasteiger partial charge in [-0.3, -0.25) is 14.9 Å². The average Bonchev–Trinajstić information content (AvgIpc) is 3.07. The molecular formula is C14H16FNO4. The molecule has 0 unspecified atom stereocenters. The Kier molecular flexibility index (Phi) is 3.28. The van der Waals surface area contributed by atoms with E-state index in [0.717, 1.165) is 6.07 Å². The fourth-order valence-electron chi connectivity index (χ4n) is 2.09. The summed E-state index contributed by atoms with van der Waals surface area (Å²) >= 11 is 0. The maximum Gasteiger partial charge on any atom is 0.317 e. The third-order valence-corrected chi connectivity index (χ3v) is 3.22. The van der Waals surface area contributed by atoms with Crippen LogP contribution in [0.15, 0.2) is 18.2 Å². The Hall–Kier alpha value is -1.98. The van der Waals surface area contributed by atoms with Crippen molar-refractivity contribution in [3.63, 3.8) is 0 Å². The minimum absolute atomic E-state index is 0.178. The molecule has 0 bridgehead atoms. The van der Waals surface area contributed by atoms with Crippen molar-refractivity contribution < 1.29 is 18.8 Å². The highest BCUT2D eigenvalue weighted by atomic mass is 19.1. The van der Waals surface area contributed by atoms with Crippen LogP contribution >= 0.6 is 0 Å². The Balaban J connectivity index is 2.31. The number of carbonyl (C=O) groups excluding carboxylic acids is 1. The number of non-ortho nitro benzene ring substituents is 1. The Morgan fingerprint density at radius 3 is 2.40 bits per heavy atom. The van der Waals surface area contributed by atoms with Gasteiger partial charge in [-0.25, -0.2) is 4.39 Å². The van der Waals surface area contributed by atoms with Crippen LogP contribution in [0, 0.1) is 15.9 Å². The number of ether oxygens (including phenoxy) is 1. The van der Waals surface area contributed by atoms with Crippen LogP contribution in [-0.4, -0.2) is 16.5 Å². The molecule has 108 valence electrons. The summed E-state index contributed by atoms with van der Waals surface area (Å²) in [5.74, 6) is -1.21. The molecule has 6 heteroatoms. The highest BCUT2D eigenvalue weighted by Crippen LogP contribution is 2.51. The second-order valence-electron chi connectivity index (χ2n) is 6.01. The van der Waals surface area contributed by atoms with Crippen molar-refractivity contribution in [1.29, 1.82) is 0 Å². The van der Waals surface area contributed by atoms with Crippen molar-refractivity contribution in [2.75, 3.05) is 0 Å². The first-order chi connectivity index (χ1) is 9.16. The van der Waals surface area contributed by atoms with Crippen molar-refractivity contribution in [2.24, 2.45) is 0 Å². The smallest absolute Gasteiger partial charge is 0.317 e. The molecule has 2 rings (SSSR count). The zero-order valence-corrected chi connectivity index (χ0v) is 11.6. The third kappa shape index (κ3) is 2.64. The lowest BCUT2D eigenvalue weighted by molar-refractivity contribution is -0.385. The molecule has 0 heterocycles. The average molecular weight is 281 g/mol. The monoisotopic (exact) mass is 281 g/mol. The predicted molar refractivity (Wildman–Crippen MR) is 69.8 cm³/mol. The molecule has 0 amide bonds. The van der Waals surface area contributed by atoms with Gasteiger partial charge in [0.1, 0.15) is 11.4 Å². The lowest BCUT2D eigenvalue weighted by Gasteiger charge is -2.24. The van der Waals surface area contributed by atoms with E-state index in [1.807, 2.05) is 0 Å². The van der Waals surface area contributed by atoms with Crippen LogP contribution in [0.3, 0.4) is 0 Å². The van der Waals surface area contributed by atoms with E-state index in [1.54, 1.807) is 20.8 Å². The van der Waals surface area contributed by atoms with E-state index in [9.17, 15) is 19.3 Å². The van der Waals surface area contributed by atoms with Gasteiger partial charge in [-0.15, -0.1) is 0 Å². The number of hydrogen-bond acceptors (Lipinski definition) is 4. The summed E-state index contributed by atoms with van der Waals surface area (Å²) in [6.45, 7) is 5.23. The van der Waals surface area contributed by atoms with Crippen LogP contribution in [-0.2, 0) is 14.9 Å². The quantitative estimate of drug-likeness (QED) is 0.485. The molecule has 1 aliphatic carbocycles. The SMILES string of the molecule is CC(C)(C)OC(=O)C1(c2ccc([N+](=O)[O-])cc2F)CC1. The summed E-state index contributed by atoms with van der Waals surface area (Å²) in [6.07, 6.45) is 0.993. The van der Waals surface area contributed by atoms with Gasteiger partial charge in [0, 0.05) is 11.6 Å². The van der Waals surface area contributed by atoms with Gasteiger partial charge in [0.15, 0.2) is 0 Å². The van der Waals surface area contributed by atoms with Crippen molar-refractivity contribution in [2.45, 2.75) is 44.6 Å². The topological polar surface area (TPSA) is 69.4 Å². The van der Waals surface area contributed by atoms with E-state index in [2.05, 4.69) is 0 Å². The van der Waals surface area contributed by atoms with Gasteiger partial charge >= 0.3 is 5.97 Å². The Bertz CT molecular complexity index is 573. The number of benzene rings is 1. The van der Waals surface area contributed by atoms with Crippen LogP contribution in [0.5, 0.6) is 0 Å². The first-order valence-electron chi connectivity index (χ1n) is 6.34. The predicted octanol–water partition coefficient (Wildman–Crippen LogP) is 3.11. The van der Waals surface area contributed by atoms with Gasteiger partial charge in [0.25, 0.3) is 5.69 Å². The molecular weight excluding hydrogens is 265 g/mol. The molecule has 1 fully saturated rings. The van der Waals surface area contributed by atoms with Crippen LogP contribution in [0.2, 0.25) is 0 Å². The Labute approximate surface area is 115 Å². The van der Waals surface area contributed by atoms with Crippen molar-refractivity contribution in [1.82, 2.24) is 0 Å². The molecule has 0 aromatic heterocycles. The fraction of sp³-hybridized carbons (Fsp3) is 0.500. The van der Waals surface area contributed by atoms with Gasteiger partial charge in [-0.05, 0) is 39.7 Å². The van der Waals surface area contributed by atoms with Gasteiger partial charge in [0.2, 0.25) is 0 Å². The second-order valence-corrected chi connectivity index (χ2v) is 6.01.